The molecule has 7 nitrogen and oxygen atoms in total. The van der Waals surface area contributed by atoms with Crippen molar-refractivity contribution in [3.05, 3.63) is 59.6 Å². The molecule has 0 aliphatic heterocycles. The van der Waals surface area contributed by atoms with E-state index >= 15 is 0 Å². The van der Waals surface area contributed by atoms with Crippen molar-refractivity contribution in [3.8, 4) is 34.3 Å². The topological polar surface area (TPSA) is 97.6 Å². The Morgan fingerprint density at radius 1 is 1.21 bits per heavy atom. The minimum Gasteiger partial charge on any atom is -0.435 e. The fraction of sp³-hybridized carbons (Fsp3) is 0.150. The maximum Gasteiger partial charge on any atom is 0.227 e. The van der Waals surface area contributed by atoms with Crippen LogP contribution in [0.4, 0.5) is 0 Å². The number of nitrogens with zero attached hydrogens (tertiary/aromatic N) is 4. The molecule has 0 amide bonds. The van der Waals surface area contributed by atoms with Gasteiger partial charge < -0.3 is 4.42 Å². The Balaban J connectivity index is 1.82. The first-order valence-corrected chi connectivity index (χ1v) is 9.12. The molecule has 3 aromatic heterocycles. The highest BCUT2D eigenvalue weighted by molar-refractivity contribution is 6.33. The van der Waals surface area contributed by atoms with Crippen molar-refractivity contribution in [2.75, 3.05) is 0 Å². The van der Waals surface area contributed by atoms with Gasteiger partial charge in [-0.1, -0.05) is 30.7 Å². The fourth-order valence-electron chi connectivity index (χ4n) is 2.79. The lowest BCUT2D eigenvalue weighted by molar-refractivity contribution is -0.118. The highest BCUT2D eigenvalue weighted by Gasteiger charge is 2.22. The Labute approximate surface area is 165 Å². The van der Waals surface area contributed by atoms with Crippen LogP contribution < -0.4 is 0 Å². The molecule has 1 N–H and O–H groups in total. The zero-order valence-corrected chi connectivity index (χ0v) is 15.8. The zero-order valence-electron chi connectivity index (χ0n) is 15.0. The van der Waals surface area contributed by atoms with Crippen LogP contribution in [-0.2, 0) is 11.2 Å². The van der Waals surface area contributed by atoms with Crippen molar-refractivity contribution in [2.24, 2.45) is 0 Å². The number of aromatic amines is 1. The van der Waals surface area contributed by atoms with Crippen LogP contribution in [-0.4, -0.2) is 30.9 Å². The molecule has 4 aromatic rings. The first-order valence-electron chi connectivity index (χ1n) is 8.74. The van der Waals surface area contributed by atoms with E-state index in [2.05, 4.69) is 25.1 Å². The molecule has 0 saturated carbocycles. The molecule has 0 spiro atoms. The first-order chi connectivity index (χ1) is 13.7. The number of carbonyl (C=O) groups is 1. The Morgan fingerprint density at radius 3 is 2.82 bits per heavy atom. The average molecular weight is 394 g/mol. The SMILES string of the molecule is CCC(=O)Cc1cc(-c2nc(-c3ncn[nH]3)c(-c3ccccc3Cl)o2)ccn1. The van der Waals surface area contributed by atoms with Crippen molar-refractivity contribution in [1.82, 2.24) is 25.1 Å². The van der Waals surface area contributed by atoms with E-state index in [1.54, 1.807) is 24.4 Å². The van der Waals surface area contributed by atoms with Crippen molar-refractivity contribution in [2.45, 2.75) is 19.8 Å². The summed E-state index contributed by atoms with van der Waals surface area (Å²) in [7, 11) is 0. The molecule has 0 atom stereocenters. The summed E-state index contributed by atoms with van der Waals surface area (Å²) in [5.74, 6) is 1.46. The van der Waals surface area contributed by atoms with Gasteiger partial charge in [0, 0.05) is 35.9 Å². The molecule has 1 aromatic carbocycles. The van der Waals surface area contributed by atoms with Crippen LogP contribution in [0.3, 0.4) is 0 Å². The second kappa shape index (κ2) is 7.74. The first kappa shape index (κ1) is 18.1. The molecule has 0 bridgehead atoms. The molecule has 4 rings (SSSR count). The summed E-state index contributed by atoms with van der Waals surface area (Å²) in [5, 5.41) is 7.24. The van der Waals surface area contributed by atoms with E-state index in [0.29, 0.717) is 51.4 Å². The second-order valence-electron chi connectivity index (χ2n) is 6.12. The van der Waals surface area contributed by atoms with E-state index in [9.17, 15) is 4.79 Å². The number of aromatic nitrogens is 5. The highest BCUT2D eigenvalue weighted by Crippen LogP contribution is 2.37. The lowest BCUT2D eigenvalue weighted by Gasteiger charge is -2.02. The molecular formula is C20H16ClN5O2. The summed E-state index contributed by atoms with van der Waals surface area (Å²) in [5.41, 5.74) is 2.59. The van der Waals surface area contributed by atoms with Crippen LogP contribution >= 0.6 is 11.6 Å². The second-order valence-corrected chi connectivity index (χ2v) is 6.52. The number of benzene rings is 1. The molecule has 140 valence electrons. The van der Waals surface area contributed by atoms with Gasteiger partial charge in [0.15, 0.2) is 17.3 Å². The monoisotopic (exact) mass is 393 g/mol. The lowest BCUT2D eigenvalue weighted by Crippen LogP contribution is -2.02. The quantitative estimate of drug-likeness (QED) is 0.522. The van der Waals surface area contributed by atoms with E-state index in [0.717, 1.165) is 0 Å². The lowest BCUT2D eigenvalue weighted by atomic mass is 10.1. The van der Waals surface area contributed by atoms with Gasteiger partial charge in [0.25, 0.3) is 0 Å². The molecular weight excluding hydrogens is 378 g/mol. The van der Waals surface area contributed by atoms with Gasteiger partial charge in [0.1, 0.15) is 12.1 Å². The van der Waals surface area contributed by atoms with Crippen LogP contribution in [0.1, 0.15) is 19.0 Å². The maximum atomic E-state index is 11.8. The van der Waals surface area contributed by atoms with Crippen LogP contribution in [0, 0.1) is 0 Å². The van der Waals surface area contributed by atoms with Crippen molar-refractivity contribution >= 4 is 17.4 Å². The third-order valence-electron chi connectivity index (χ3n) is 4.22. The van der Waals surface area contributed by atoms with Gasteiger partial charge >= 0.3 is 0 Å². The molecule has 0 unspecified atom stereocenters. The van der Waals surface area contributed by atoms with Crippen LogP contribution in [0.25, 0.3) is 34.3 Å². The summed E-state index contributed by atoms with van der Waals surface area (Å²) in [6.07, 6.45) is 3.79. The number of Topliss-reactive ketones (excluding diaryl/α,β-unsaturated/α-hetero) is 1. The molecule has 0 saturated heterocycles. The molecule has 28 heavy (non-hydrogen) atoms. The number of carbonyl (C=O) groups excluding carboxylic acids is 1. The zero-order chi connectivity index (χ0) is 19.5. The summed E-state index contributed by atoms with van der Waals surface area (Å²) >= 11 is 6.36. The summed E-state index contributed by atoms with van der Waals surface area (Å²) in [6, 6.07) is 10.9. The van der Waals surface area contributed by atoms with E-state index in [4.69, 9.17) is 16.0 Å². The number of rotatable bonds is 6. The number of halogens is 1. The van der Waals surface area contributed by atoms with Crippen molar-refractivity contribution < 1.29 is 9.21 Å². The van der Waals surface area contributed by atoms with Gasteiger partial charge in [-0.3, -0.25) is 14.9 Å². The molecule has 8 heteroatoms. The molecule has 3 heterocycles. The van der Waals surface area contributed by atoms with Gasteiger partial charge in [-0.2, -0.15) is 5.10 Å². The van der Waals surface area contributed by atoms with Crippen molar-refractivity contribution in [1.29, 1.82) is 0 Å². The smallest absolute Gasteiger partial charge is 0.227 e. The standard InChI is InChI=1S/C20H16ClN5O2/c1-2-14(27)10-13-9-12(7-8-22-13)20-25-17(19-23-11-24-26-19)18(28-20)15-5-3-4-6-16(15)21/h3-9,11H,2,10H2,1H3,(H,23,24,26). The third kappa shape index (κ3) is 3.57. The minimum atomic E-state index is 0.121. The van der Waals surface area contributed by atoms with E-state index in [1.165, 1.54) is 6.33 Å². The molecule has 0 aliphatic rings. The minimum absolute atomic E-state index is 0.121. The molecule has 0 fully saturated rings. The summed E-state index contributed by atoms with van der Waals surface area (Å²) in [6.45, 7) is 1.83. The Hall–Kier alpha value is -3.32. The predicted molar refractivity (Wildman–Crippen MR) is 105 cm³/mol. The fourth-order valence-corrected chi connectivity index (χ4v) is 3.01. The maximum absolute atomic E-state index is 11.8. The Kier molecular flexibility index (Phi) is 4.99. The van der Waals surface area contributed by atoms with Gasteiger partial charge in [-0.05, 0) is 24.3 Å². The number of oxazole rings is 1. The van der Waals surface area contributed by atoms with Gasteiger partial charge in [-0.25, -0.2) is 9.97 Å². The van der Waals surface area contributed by atoms with E-state index in [1.807, 2.05) is 25.1 Å². The number of ketones is 1. The van der Waals surface area contributed by atoms with Crippen LogP contribution in [0.15, 0.2) is 53.3 Å². The summed E-state index contributed by atoms with van der Waals surface area (Å²) < 4.78 is 6.08. The van der Waals surface area contributed by atoms with E-state index < -0.39 is 0 Å². The Morgan fingerprint density at radius 2 is 2.07 bits per heavy atom. The highest BCUT2D eigenvalue weighted by atomic mass is 35.5. The normalized spacial score (nSPS) is 10.9. The van der Waals surface area contributed by atoms with Crippen molar-refractivity contribution in [3.63, 3.8) is 0 Å². The summed E-state index contributed by atoms with van der Waals surface area (Å²) in [4.78, 5) is 24.8. The number of H-pyrrole nitrogens is 1. The van der Waals surface area contributed by atoms with Crippen LogP contribution in [0.5, 0.6) is 0 Å². The van der Waals surface area contributed by atoms with Gasteiger partial charge in [0.05, 0.1) is 5.02 Å². The third-order valence-corrected chi connectivity index (χ3v) is 4.55. The molecule has 0 aliphatic carbocycles. The van der Waals surface area contributed by atoms with Gasteiger partial charge in [0.2, 0.25) is 5.89 Å². The number of pyridine rings is 1. The number of nitrogens with one attached hydrogen (secondary N) is 1. The van der Waals surface area contributed by atoms with Gasteiger partial charge in [-0.15, -0.1) is 0 Å². The number of hydrogen-bond donors (Lipinski definition) is 1. The average Bonchev–Trinajstić information content (AvgIpc) is 3.38. The molecule has 0 radical (unpaired) electrons. The predicted octanol–water partition coefficient (Wildman–Crippen LogP) is 4.36. The Bertz CT molecular complexity index is 1120. The van der Waals surface area contributed by atoms with Crippen LogP contribution in [0.2, 0.25) is 5.02 Å². The number of hydrogen-bond acceptors (Lipinski definition) is 6. The van der Waals surface area contributed by atoms with E-state index in [-0.39, 0.29) is 12.2 Å². The largest absolute Gasteiger partial charge is 0.435 e.